The number of nitrogens with zero attached hydrogens (tertiary/aromatic N) is 3. The van der Waals surface area contributed by atoms with Crippen LogP contribution < -0.4 is 0 Å². The van der Waals surface area contributed by atoms with Crippen molar-refractivity contribution >= 4 is 6.03 Å². The largest absolute Gasteiger partial charge is 0.325 e. The third kappa shape index (κ3) is 2.63. The van der Waals surface area contributed by atoms with E-state index in [1.807, 2.05) is 11.0 Å². The molecule has 4 nitrogen and oxygen atoms in total. The Hall–Kier alpha value is -1.24. The van der Waals surface area contributed by atoms with Gasteiger partial charge in [-0.25, -0.2) is 4.79 Å². The molecule has 1 aliphatic heterocycles. The molecule has 4 heteroatoms. The Bertz CT molecular complexity index is 238. The van der Waals surface area contributed by atoms with Crippen molar-refractivity contribution in [1.82, 2.24) is 9.80 Å². The van der Waals surface area contributed by atoms with Gasteiger partial charge < -0.3 is 9.80 Å². The standard InChI is InChI=1S/C10H17N3O/c1-9-3-6-13(7-4-9)10(14)12(2)8-5-11/h9H,3-4,6-8H2,1-2H3. The van der Waals surface area contributed by atoms with Crippen molar-refractivity contribution in [3.8, 4) is 6.07 Å². The highest BCUT2D eigenvalue weighted by molar-refractivity contribution is 5.74. The highest BCUT2D eigenvalue weighted by atomic mass is 16.2. The molecule has 78 valence electrons. The van der Waals surface area contributed by atoms with E-state index in [1.54, 1.807) is 7.05 Å². The summed E-state index contributed by atoms with van der Waals surface area (Å²) < 4.78 is 0. The molecule has 0 unspecified atom stereocenters. The summed E-state index contributed by atoms with van der Waals surface area (Å²) in [6.07, 6.45) is 2.15. The first-order valence-corrected chi connectivity index (χ1v) is 5.02. The monoisotopic (exact) mass is 195 g/mol. The average Bonchev–Trinajstić information content (AvgIpc) is 2.18. The van der Waals surface area contributed by atoms with Crippen molar-refractivity contribution < 1.29 is 4.79 Å². The second kappa shape index (κ2) is 4.85. The molecule has 0 aromatic carbocycles. The van der Waals surface area contributed by atoms with Gasteiger partial charge in [0.1, 0.15) is 6.54 Å². The molecular formula is C10H17N3O. The van der Waals surface area contributed by atoms with E-state index < -0.39 is 0 Å². The summed E-state index contributed by atoms with van der Waals surface area (Å²) in [6, 6.07) is 1.96. The second-order valence-electron chi connectivity index (χ2n) is 3.97. The third-order valence-corrected chi connectivity index (χ3v) is 2.69. The molecule has 0 saturated carbocycles. The smallest absolute Gasteiger partial charge is 0.320 e. The van der Waals surface area contributed by atoms with Crippen molar-refractivity contribution in [2.24, 2.45) is 5.92 Å². The zero-order chi connectivity index (χ0) is 10.6. The lowest BCUT2D eigenvalue weighted by Gasteiger charge is -2.32. The minimum absolute atomic E-state index is 0.0153. The van der Waals surface area contributed by atoms with E-state index in [-0.39, 0.29) is 12.6 Å². The van der Waals surface area contributed by atoms with Crippen LogP contribution in [0.4, 0.5) is 4.79 Å². The number of hydrogen-bond acceptors (Lipinski definition) is 2. The predicted octanol–water partition coefficient (Wildman–Crippen LogP) is 1.29. The van der Waals surface area contributed by atoms with Crippen LogP contribution in [0.15, 0.2) is 0 Å². The first-order valence-electron chi connectivity index (χ1n) is 5.02. The topological polar surface area (TPSA) is 47.3 Å². The average molecular weight is 195 g/mol. The molecule has 0 N–H and O–H groups in total. The summed E-state index contributed by atoms with van der Waals surface area (Å²) in [5.41, 5.74) is 0. The number of likely N-dealkylation sites (tertiary alicyclic amines) is 1. The van der Waals surface area contributed by atoms with Gasteiger partial charge in [-0.3, -0.25) is 0 Å². The van der Waals surface area contributed by atoms with Crippen LogP contribution >= 0.6 is 0 Å². The number of urea groups is 1. The van der Waals surface area contributed by atoms with Gasteiger partial charge in [0, 0.05) is 20.1 Å². The summed E-state index contributed by atoms with van der Waals surface area (Å²) in [6.45, 7) is 4.04. The van der Waals surface area contributed by atoms with Gasteiger partial charge in [0.15, 0.2) is 0 Å². The van der Waals surface area contributed by atoms with Crippen LogP contribution in [-0.2, 0) is 0 Å². The van der Waals surface area contributed by atoms with Gasteiger partial charge in [-0.2, -0.15) is 5.26 Å². The minimum Gasteiger partial charge on any atom is -0.325 e. The molecule has 1 saturated heterocycles. The SMILES string of the molecule is CC1CCN(C(=O)N(C)CC#N)CC1. The van der Waals surface area contributed by atoms with Gasteiger partial charge in [-0.1, -0.05) is 6.92 Å². The van der Waals surface area contributed by atoms with Crippen molar-refractivity contribution in [2.75, 3.05) is 26.7 Å². The van der Waals surface area contributed by atoms with Crippen molar-refractivity contribution in [3.63, 3.8) is 0 Å². The van der Waals surface area contributed by atoms with Crippen LogP contribution in [0.25, 0.3) is 0 Å². The molecule has 0 atom stereocenters. The fourth-order valence-corrected chi connectivity index (χ4v) is 1.61. The summed E-state index contributed by atoms with van der Waals surface area (Å²) >= 11 is 0. The molecule has 2 amide bonds. The van der Waals surface area contributed by atoms with Crippen LogP contribution in [0.1, 0.15) is 19.8 Å². The van der Waals surface area contributed by atoms with E-state index in [0.717, 1.165) is 31.8 Å². The Morgan fingerprint density at radius 2 is 2.14 bits per heavy atom. The van der Waals surface area contributed by atoms with Crippen LogP contribution in [0, 0.1) is 17.2 Å². The summed E-state index contributed by atoms with van der Waals surface area (Å²) in [4.78, 5) is 15.0. The Kier molecular flexibility index (Phi) is 3.75. The van der Waals surface area contributed by atoms with Crippen LogP contribution in [-0.4, -0.2) is 42.5 Å². The van der Waals surface area contributed by atoms with E-state index in [1.165, 1.54) is 4.90 Å². The predicted molar refractivity (Wildman–Crippen MR) is 53.6 cm³/mol. The van der Waals surface area contributed by atoms with Gasteiger partial charge in [0.25, 0.3) is 0 Å². The maximum Gasteiger partial charge on any atom is 0.320 e. The molecule has 14 heavy (non-hydrogen) atoms. The van der Waals surface area contributed by atoms with Crippen LogP contribution in [0.2, 0.25) is 0 Å². The number of hydrogen-bond donors (Lipinski definition) is 0. The number of amides is 2. The molecular weight excluding hydrogens is 178 g/mol. The van der Waals surface area contributed by atoms with Crippen LogP contribution in [0.3, 0.4) is 0 Å². The maximum absolute atomic E-state index is 11.7. The van der Waals surface area contributed by atoms with Gasteiger partial charge in [-0.15, -0.1) is 0 Å². The highest BCUT2D eigenvalue weighted by Crippen LogP contribution is 2.16. The van der Waals surface area contributed by atoms with Crippen molar-refractivity contribution in [2.45, 2.75) is 19.8 Å². The normalized spacial score (nSPS) is 17.6. The molecule has 1 fully saturated rings. The summed E-state index contributed by atoms with van der Waals surface area (Å²) in [7, 11) is 1.67. The minimum atomic E-state index is -0.0153. The maximum atomic E-state index is 11.7. The number of carbonyl (C=O) groups is 1. The number of carbonyl (C=O) groups excluding carboxylic acids is 1. The van der Waals surface area contributed by atoms with Gasteiger partial charge in [0.05, 0.1) is 6.07 Å². The van der Waals surface area contributed by atoms with E-state index in [4.69, 9.17) is 5.26 Å². The van der Waals surface area contributed by atoms with Crippen molar-refractivity contribution in [1.29, 1.82) is 5.26 Å². The molecule has 0 radical (unpaired) electrons. The molecule has 0 spiro atoms. The lowest BCUT2D eigenvalue weighted by atomic mass is 10.00. The van der Waals surface area contributed by atoms with E-state index in [0.29, 0.717) is 0 Å². The molecule has 0 aliphatic carbocycles. The molecule has 1 rings (SSSR count). The zero-order valence-electron chi connectivity index (χ0n) is 8.86. The Morgan fingerprint density at radius 1 is 1.57 bits per heavy atom. The summed E-state index contributed by atoms with van der Waals surface area (Å²) in [5.74, 6) is 0.723. The second-order valence-corrected chi connectivity index (χ2v) is 3.97. The molecule has 0 aromatic rings. The number of piperidine rings is 1. The summed E-state index contributed by atoms with van der Waals surface area (Å²) in [5, 5.41) is 8.46. The Morgan fingerprint density at radius 3 is 2.64 bits per heavy atom. The molecule has 1 aliphatic rings. The van der Waals surface area contributed by atoms with E-state index in [9.17, 15) is 4.79 Å². The third-order valence-electron chi connectivity index (χ3n) is 2.69. The number of rotatable bonds is 1. The fraction of sp³-hybridized carbons (Fsp3) is 0.800. The Labute approximate surface area is 85.1 Å². The highest BCUT2D eigenvalue weighted by Gasteiger charge is 2.22. The first-order chi connectivity index (χ1) is 6.65. The van der Waals surface area contributed by atoms with Gasteiger partial charge in [-0.05, 0) is 18.8 Å². The molecule has 0 bridgehead atoms. The zero-order valence-corrected chi connectivity index (χ0v) is 8.86. The molecule has 0 aromatic heterocycles. The van der Waals surface area contributed by atoms with Gasteiger partial charge in [0.2, 0.25) is 0 Å². The van der Waals surface area contributed by atoms with Crippen molar-refractivity contribution in [3.05, 3.63) is 0 Å². The quantitative estimate of drug-likeness (QED) is 0.592. The van der Waals surface area contributed by atoms with Gasteiger partial charge >= 0.3 is 6.03 Å². The molecule has 1 heterocycles. The fourth-order valence-electron chi connectivity index (χ4n) is 1.61. The number of nitriles is 1. The first kappa shape index (κ1) is 10.8. The lowest BCUT2D eigenvalue weighted by molar-refractivity contribution is 0.147. The van der Waals surface area contributed by atoms with Crippen LogP contribution in [0.5, 0.6) is 0 Å². The Balaban J connectivity index is 2.42. The van der Waals surface area contributed by atoms with E-state index >= 15 is 0 Å². The van der Waals surface area contributed by atoms with E-state index in [2.05, 4.69) is 6.92 Å². The lowest BCUT2D eigenvalue weighted by Crippen LogP contribution is -2.45.